The molecule has 0 aromatic heterocycles. The second kappa shape index (κ2) is 1.93. The molecular weight excluding hydrogens is 192 g/mol. The molecule has 4 rings (SSSR count). The molecule has 70 valence electrons. The van der Waals surface area contributed by atoms with Crippen LogP contribution in [0.5, 0.6) is 0 Å². The van der Waals surface area contributed by atoms with Gasteiger partial charge in [0.05, 0.1) is 11.1 Å². The molecule has 0 saturated carbocycles. The number of hydrogen-bond donors (Lipinski definition) is 0. The molecule has 4 aliphatic rings. The Hall–Kier alpha value is -2.16. The summed E-state index contributed by atoms with van der Waals surface area (Å²) in [6.45, 7) is 0. The molecule has 15 heavy (non-hydrogen) atoms. The Labute approximate surface area is 83.6 Å². The van der Waals surface area contributed by atoms with Crippen molar-refractivity contribution in [3.63, 3.8) is 0 Å². The molecule has 0 bridgehead atoms. The summed E-state index contributed by atoms with van der Waals surface area (Å²) in [5.41, 5.74) is 3.78. The Kier molecular flexibility index (Phi) is 0.924. The van der Waals surface area contributed by atoms with Crippen molar-refractivity contribution in [2.24, 2.45) is 0 Å². The first-order valence-corrected chi connectivity index (χ1v) is 4.63. The van der Waals surface area contributed by atoms with Crippen LogP contribution in [-0.4, -0.2) is 0 Å². The average Bonchev–Trinajstić information content (AvgIpc) is 2.82. The summed E-state index contributed by atoms with van der Waals surface area (Å²) in [7, 11) is 0. The van der Waals surface area contributed by atoms with Gasteiger partial charge in [-0.2, -0.15) is 0 Å². The average molecular weight is 196 g/mol. The molecule has 0 fully saturated rings. The van der Waals surface area contributed by atoms with Gasteiger partial charge in [0, 0.05) is 5.57 Å². The van der Waals surface area contributed by atoms with Gasteiger partial charge in [-0.3, -0.25) is 0 Å². The fourth-order valence-corrected chi connectivity index (χ4v) is 2.43. The maximum absolute atomic E-state index is 11.5. The third-order valence-electron chi connectivity index (χ3n) is 3.03. The highest BCUT2D eigenvalue weighted by atomic mass is 16.4. The summed E-state index contributed by atoms with van der Waals surface area (Å²) in [5.74, 6) is 0. The normalized spacial score (nSPS) is 14.9. The lowest BCUT2D eigenvalue weighted by atomic mass is 10.1. The zero-order chi connectivity index (χ0) is 10.2. The fraction of sp³-hybridized carbons (Fsp3) is 0. The first-order chi connectivity index (χ1) is 7.25. The van der Waals surface area contributed by atoms with Gasteiger partial charge in [0.1, 0.15) is 0 Å². The Morgan fingerprint density at radius 3 is 1.87 bits per heavy atom. The molecule has 0 aromatic rings. The Morgan fingerprint density at radius 1 is 0.800 bits per heavy atom. The first kappa shape index (κ1) is 7.17. The van der Waals surface area contributed by atoms with Gasteiger partial charge in [0.25, 0.3) is 0 Å². The van der Waals surface area contributed by atoms with Gasteiger partial charge in [-0.05, 0) is 28.8 Å². The smallest absolute Gasteiger partial charge is 0.346 e. The quantitative estimate of drug-likeness (QED) is 0.422. The van der Waals surface area contributed by atoms with E-state index in [9.17, 15) is 9.59 Å². The van der Waals surface area contributed by atoms with Crippen LogP contribution >= 0.6 is 0 Å². The van der Waals surface area contributed by atoms with Gasteiger partial charge in [0.2, 0.25) is 0 Å². The second-order valence-corrected chi connectivity index (χ2v) is 3.79. The van der Waals surface area contributed by atoms with Crippen molar-refractivity contribution in [2.45, 2.75) is 0 Å². The van der Waals surface area contributed by atoms with E-state index in [0.29, 0.717) is 11.1 Å². The lowest BCUT2D eigenvalue weighted by molar-refractivity contribution is 0.470. The third kappa shape index (κ3) is 0.625. The minimum atomic E-state index is -0.531. The largest absolute Gasteiger partial charge is 0.386 e. The summed E-state index contributed by atoms with van der Waals surface area (Å²) < 4.78 is 4.65. The molecule has 3 nitrogen and oxygen atoms in total. The minimum absolute atomic E-state index is 0.519. The van der Waals surface area contributed by atoms with Crippen molar-refractivity contribution in [3.05, 3.63) is 67.4 Å². The third-order valence-corrected chi connectivity index (χ3v) is 3.03. The van der Waals surface area contributed by atoms with E-state index in [2.05, 4.69) is 4.42 Å². The predicted octanol–water partition coefficient (Wildman–Crippen LogP) is 1.07. The summed E-state index contributed by atoms with van der Waals surface area (Å²) in [6.07, 6.45) is 0. The standard InChI is InChI=1S/C12H4O3/c13-11-7-3-5-1-2-6-4-8(12(14)15-11)10(7)9(5)6/h1-4H. The molecule has 0 atom stereocenters. The van der Waals surface area contributed by atoms with Crippen molar-refractivity contribution in [1.29, 1.82) is 0 Å². The van der Waals surface area contributed by atoms with Crippen LogP contribution in [0.1, 0.15) is 22.3 Å². The molecule has 0 saturated heterocycles. The van der Waals surface area contributed by atoms with Crippen molar-refractivity contribution < 1.29 is 4.42 Å². The van der Waals surface area contributed by atoms with Crippen LogP contribution in [0.4, 0.5) is 0 Å². The molecule has 0 spiro atoms. The Morgan fingerprint density at radius 2 is 1.33 bits per heavy atom. The van der Waals surface area contributed by atoms with Gasteiger partial charge in [-0.1, -0.05) is 12.1 Å². The van der Waals surface area contributed by atoms with Crippen LogP contribution < -0.4 is 11.3 Å². The zero-order valence-electron chi connectivity index (χ0n) is 7.53. The molecule has 0 aromatic carbocycles. The van der Waals surface area contributed by atoms with Gasteiger partial charge >= 0.3 is 11.3 Å². The predicted molar refractivity (Wildman–Crippen MR) is 53.9 cm³/mol. The Balaban J connectivity index is 2.44. The van der Waals surface area contributed by atoms with Gasteiger partial charge in [-0.25, -0.2) is 9.59 Å². The van der Waals surface area contributed by atoms with E-state index in [-0.39, 0.29) is 0 Å². The lowest BCUT2D eigenvalue weighted by Gasteiger charge is -1.99. The van der Waals surface area contributed by atoms with E-state index in [4.69, 9.17) is 0 Å². The van der Waals surface area contributed by atoms with Crippen molar-refractivity contribution >= 4 is 11.1 Å². The summed E-state index contributed by atoms with van der Waals surface area (Å²) in [5, 5.41) is 0. The summed E-state index contributed by atoms with van der Waals surface area (Å²) in [4.78, 5) is 22.9. The van der Waals surface area contributed by atoms with E-state index < -0.39 is 11.3 Å². The van der Waals surface area contributed by atoms with E-state index in [0.717, 1.165) is 22.3 Å². The van der Waals surface area contributed by atoms with Crippen molar-refractivity contribution in [3.8, 4) is 0 Å². The minimum Gasteiger partial charge on any atom is -0.386 e. The molecule has 1 aliphatic heterocycles. The maximum atomic E-state index is 11.5. The second-order valence-electron chi connectivity index (χ2n) is 3.79. The molecular formula is C12H4O3. The molecule has 0 N–H and O–H groups in total. The zero-order valence-corrected chi connectivity index (χ0v) is 7.53. The Bertz CT molecular complexity index is 689. The van der Waals surface area contributed by atoms with E-state index >= 15 is 0 Å². The van der Waals surface area contributed by atoms with E-state index in [1.165, 1.54) is 0 Å². The van der Waals surface area contributed by atoms with Crippen LogP contribution in [-0.2, 0) is 0 Å². The van der Waals surface area contributed by atoms with Crippen LogP contribution in [0, 0.1) is 0 Å². The van der Waals surface area contributed by atoms with Crippen molar-refractivity contribution in [2.75, 3.05) is 0 Å². The van der Waals surface area contributed by atoms with Crippen molar-refractivity contribution in [1.82, 2.24) is 0 Å². The highest BCUT2D eigenvalue weighted by Gasteiger charge is 2.33. The van der Waals surface area contributed by atoms with Crippen LogP contribution in [0.3, 0.4) is 0 Å². The van der Waals surface area contributed by atoms with Gasteiger partial charge in [-0.15, -0.1) is 0 Å². The molecule has 3 aliphatic carbocycles. The fourth-order valence-electron chi connectivity index (χ4n) is 2.43. The number of rotatable bonds is 0. The monoisotopic (exact) mass is 196 g/mol. The van der Waals surface area contributed by atoms with E-state index in [1.54, 1.807) is 12.1 Å². The lowest BCUT2D eigenvalue weighted by Crippen LogP contribution is -2.18. The topological polar surface area (TPSA) is 47.3 Å². The van der Waals surface area contributed by atoms with E-state index in [1.807, 2.05) is 12.1 Å². The van der Waals surface area contributed by atoms with Crippen LogP contribution in [0.2, 0.25) is 0 Å². The summed E-state index contributed by atoms with van der Waals surface area (Å²) >= 11 is 0. The highest BCUT2D eigenvalue weighted by molar-refractivity contribution is 6.12. The summed E-state index contributed by atoms with van der Waals surface area (Å²) in [6, 6.07) is 7.48. The first-order valence-electron chi connectivity index (χ1n) is 4.63. The van der Waals surface area contributed by atoms with Crippen LogP contribution in [0.15, 0.2) is 38.3 Å². The van der Waals surface area contributed by atoms with Gasteiger partial charge < -0.3 is 4.42 Å². The maximum Gasteiger partial charge on any atom is 0.346 e. The molecule has 0 radical (unpaired) electrons. The van der Waals surface area contributed by atoms with Gasteiger partial charge in [0.15, 0.2) is 0 Å². The highest BCUT2D eigenvalue weighted by Crippen LogP contribution is 2.45. The molecule has 0 amide bonds. The SMILES string of the molecule is O=c1oc(=O)c2cc3ccc4cc1C2=C43. The number of hydrogen-bond acceptors (Lipinski definition) is 3. The molecule has 1 heterocycles. The molecule has 0 unspecified atom stereocenters. The molecule has 3 heteroatoms. The van der Waals surface area contributed by atoms with Crippen LogP contribution in [0.25, 0.3) is 11.1 Å².